The van der Waals surface area contributed by atoms with Crippen molar-refractivity contribution in [2.24, 2.45) is 0 Å². The Morgan fingerprint density at radius 2 is 1.61 bits per heavy atom. The summed E-state index contributed by atoms with van der Waals surface area (Å²) in [4.78, 5) is 45.5. The number of aromatic nitrogens is 3. The Morgan fingerprint density at radius 1 is 0.917 bits per heavy atom. The summed E-state index contributed by atoms with van der Waals surface area (Å²) in [6.45, 7) is 7.39. The molecule has 0 radical (unpaired) electrons. The number of hydrogen-bond acceptors (Lipinski definition) is 5. The van der Waals surface area contributed by atoms with Gasteiger partial charge in [0.25, 0.3) is 17.4 Å². The van der Waals surface area contributed by atoms with E-state index in [1.54, 1.807) is 41.9 Å². The molecular formula is C27H23N5O3S. The molecule has 36 heavy (non-hydrogen) atoms. The number of amides is 2. The van der Waals surface area contributed by atoms with Gasteiger partial charge in [-0.2, -0.15) is 4.68 Å². The first-order chi connectivity index (χ1) is 17.2. The van der Waals surface area contributed by atoms with Crippen molar-refractivity contribution >= 4 is 51.8 Å². The molecule has 1 aliphatic heterocycles. The molecule has 180 valence electrons. The number of nitrogens with zero attached hydrogens (tertiary/aromatic N) is 4. The molecule has 9 heteroatoms. The second kappa shape index (κ2) is 8.69. The van der Waals surface area contributed by atoms with Crippen LogP contribution in [0, 0.1) is 27.7 Å². The average Bonchev–Trinajstić information content (AvgIpc) is 3.10. The number of carbonyl (C=O) groups is 2. The van der Waals surface area contributed by atoms with E-state index in [-0.39, 0.29) is 16.2 Å². The summed E-state index contributed by atoms with van der Waals surface area (Å²) in [6.07, 6.45) is 1.54. The van der Waals surface area contributed by atoms with Crippen LogP contribution in [-0.2, 0) is 9.59 Å². The molecular weight excluding hydrogens is 474 g/mol. The average molecular weight is 498 g/mol. The van der Waals surface area contributed by atoms with Crippen molar-refractivity contribution < 1.29 is 9.59 Å². The van der Waals surface area contributed by atoms with E-state index in [0.717, 1.165) is 11.3 Å². The lowest BCUT2D eigenvalue weighted by Crippen LogP contribution is -2.54. The van der Waals surface area contributed by atoms with Crippen LogP contribution < -0.4 is 15.8 Å². The lowest BCUT2D eigenvalue weighted by atomic mass is 10.1. The van der Waals surface area contributed by atoms with E-state index in [9.17, 15) is 14.4 Å². The second-order valence-corrected chi connectivity index (χ2v) is 9.11. The molecule has 1 fully saturated rings. The van der Waals surface area contributed by atoms with Crippen LogP contribution in [0.25, 0.3) is 17.0 Å². The zero-order valence-electron chi connectivity index (χ0n) is 20.2. The van der Waals surface area contributed by atoms with E-state index >= 15 is 0 Å². The minimum Gasteiger partial charge on any atom is -0.298 e. The third kappa shape index (κ3) is 3.74. The zero-order valence-corrected chi connectivity index (χ0v) is 21.0. The van der Waals surface area contributed by atoms with E-state index in [1.165, 1.54) is 15.7 Å². The van der Waals surface area contributed by atoms with Gasteiger partial charge in [-0.25, -0.2) is 4.98 Å². The van der Waals surface area contributed by atoms with E-state index in [0.29, 0.717) is 33.7 Å². The molecule has 3 heterocycles. The maximum Gasteiger partial charge on any atom is 0.280 e. The smallest absolute Gasteiger partial charge is 0.280 e. The zero-order chi connectivity index (χ0) is 25.7. The summed E-state index contributed by atoms with van der Waals surface area (Å²) in [6, 6.07) is 16.3. The molecule has 2 amide bonds. The third-order valence-corrected chi connectivity index (χ3v) is 6.53. The molecule has 2 aromatic carbocycles. The number of benzene rings is 2. The van der Waals surface area contributed by atoms with Crippen molar-refractivity contribution in [1.29, 1.82) is 0 Å². The van der Waals surface area contributed by atoms with Crippen LogP contribution in [0.2, 0.25) is 0 Å². The number of thiocarbonyl (C=S) groups is 1. The molecule has 0 spiro atoms. The van der Waals surface area contributed by atoms with E-state index in [2.05, 4.69) is 10.3 Å². The molecule has 0 atom stereocenters. The third-order valence-electron chi connectivity index (χ3n) is 6.24. The fraction of sp³-hybridized carbons (Fsp3) is 0.148. The Bertz CT molecular complexity index is 1680. The predicted octanol–water partition coefficient (Wildman–Crippen LogP) is 3.57. The van der Waals surface area contributed by atoms with Crippen LogP contribution in [0.1, 0.15) is 28.3 Å². The van der Waals surface area contributed by atoms with Crippen molar-refractivity contribution in [2.45, 2.75) is 27.7 Å². The van der Waals surface area contributed by atoms with Crippen molar-refractivity contribution in [2.75, 3.05) is 4.90 Å². The lowest BCUT2D eigenvalue weighted by molar-refractivity contribution is -0.122. The van der Waals surface area contributed by atoms with Gasteiger partial charge in [0.15, 0.2) is 5.11 Å². The predicted molar refractivity (Wildman–Crippen MR) is 143 cm³/mol. The number of para-hydroxylation sites is 1. The topological polar surface area (TPSA) is 89.2 Å². The SMILES string of the molecule is Cc1ccc(N2C(=O)C(=Cc3cc(C)n(-n4c(C)nc5ccccc5c4=O)c3C)C(=O)NC2=S)cc1. The van der Waals surface area contributed by atoms with Crippen molar-refractivity contribution in [3.63, 3.8) is 0 Å². The lowest BCUT2D eigenvalue weighted by Gasteiger charge is -2.29. The molecule has 1 saturated heterocycles. The minimum absolute atomic E-state index is 0.0286. The number of fused-ring (bicyclic) bond motifs is 1. The fourth-order valence-corrected chi connectivity index (χ4v) is 4.72. The van der Waals surface area contributed by atoms with Crippen LogP contribution in [0.4, 0.5) is 5.69 Å². The Balaban J connectivity index is 1.62. The first kappa shape index (κ1) is 23.4. The number of anilines is 1. The van der Waals surface area contributed by atoms with Gasteiger partial charge in [0.1, 0.15) is 11.4 Å². The first-order valence-electron chi connectivity index (χ1n) is 11.3. The molecule has 5 rings (SSSR count). The summed E-state index contributed by atoms with van der Waals surface area (Å²) < 4.78 is 3.25. The van der Waals surface area contributed by atoms with E-state index < -0.39 is 11.8 Å². The Kier molecular flexibility index (Phi) is 5.64. The van der Waals surface area contributed by atoms with Gasteiger partial charge >= 0.3 is 0 Å². The quantitative estimate of drug-likeness (QED) is 0.266. The van der Waals surface area contributed by atoms with Crippen LogP contribution in [0.3, 0.4) is 0 Å². The van der Waals surface area contributed by atoms with Gasteiger partial charge in [-0.3, -0.25) is 29.3 Å². The molecule has 0 saturated carbocycles. The number of rotatable bonds is 3. The summed E-state index contributed by atoms with van der Waals surface area (Å²) >= 11 is 5.29. The van der Waals surface area contributed by atoms with Crippen LogP contribution in [-0.4, -0.2) is 31.3 Å². The number of hydrogen-bond donors (Lipinski definition) is 1. The molecule has 4 aromatic rings. The summed E-state index contributed by atoms with van der Waals surface area (Å²) in [5, 5.41) is 3.14. The normalized spacial score (nSPS) is 15.2. The molecule has 0 bridgehead atoms. The van der Waals surface area contributed by atoms with Crippen LogP contribution in [0.15, 0.2) is 65.0 Å². The highest BCUT2D eigenvalue weighted by atomic mass is 32.1. The summed E-state index contributed by atoms with van der Waals surface area (Å²) in [5.74, 6) is -0.570. The van der Waals surface area contributed by atoms with Gasteiger partial charge < -0.3 is 0 Å². The molecule has 0 aliphatic carbocycles. The first-order valence-corrected chi connectivity index (χ1v) is 11.7. The molecule has 1 N–H and O–H groups in total. The van der Waals surface area contributed by atoms with Crippen molar-refractivity contribution in [1.82, 2.24) is 19.7 Å². The summed E-state index contributed by atoms with van der Waals surface area (Å²) in [7, 11) is 0. The largest absolute Gasteiger partial charge is 0.298 e. The van der Waals surface area contributed by atoms with Gasteiger partial charge in [0, 0.05) is 11.4 Å². The minimum atomic E-state index is -0.570. The monoisotopic (exact) mass is 497 g/mol. The molecule has 2 aromatic heterocycles. The maximum absolute atomic E-state index is 13.4. The Morgan fingerprint density at radius 3 is 2.33 bits per heavy atom. The van der Waals surface area contributed by atoms with Gasteiger partial charge in [0.05, 0.1) is 16.6 Å². The second-order valence-electron chi connectivity index (χ2n) is 8.72. The molecule has 0 unspecified atom stereocenters. The number of carbonyl (C=O) groups excluding carboxylic acids is 2. The molecule has 1 aliphatic rings. The highest BCUT2D eigenvalue weighted by molar-refractivity contribution is 7.80. The van der Waals surface area contributed by atoms with E-state index in [1.807, 2.05) is 45.0 Å². The van der Waals surface area contributed by atoms with Crippen molar-refractivity contribution in [3.05, 3.63) is 98.9 Å². The van der Waals surface area contributed by atoms with Crippen LogP contribution in [0.5, 0.6) is 0 Å². The maximum atomic E-state index is 13.4. The van der Waals surface area contributed by atoms with Gasteiger partial charge in [-0.1, -0.05) is 29.8 Å². The highest BCUT2D eigenvalue weighted by Crippen LogP contribution is 2.25. The van der Waals surface area contributed by atoms with E-state index in [4.69, 9.17) is 12.2 Å². The number of nitrogens with one attached hydrogen (secondary N) is 1. The Hall–Kier alpha value is -4.37. The standard InChI is InChI=1S/C27H23N5O3S/c1-15-9-11-20(12-10-15)30-25(34)22(24(33)29-27(30)36)14-19-13-16(2)31(17(19)3)32-18(4)28-23-8-6-5-7-21(23)26(32)35/h5-14H,1-4H3,(H,29,33,36). The highest BCUT2D eigenvalue weighted by Gasteiger charge is 2.34. The van der Waals surface area contributed by atoms with Gasteiger partial charge in [0.2, 0.25) is 0 Å². The van der Waals surface area contributed by atoms with Gasteiger partial charge in [-0.05, 0) is 81.9 Å². The summed E-state index contributed by atoms with van der Waals surface area (Å²) in [5.41, 5.74) is 4.02. The van der Waals surface area contributed by atoms with Crippen LogP contribution >= 0.6 is 12.2 Å². The van der Waals surface area contributed by atoms with Gasteiger partial charge in [-0.15, -0.1) is 0 Å². The molecule has 8 nitrogen and oxygen atoms in total. The number of aryl methyl sites for hydroxylation is 3. The Labute approximate surface area is 212 Å². The fourth-order valence-electron chi connectivity index (χ4n) is 4.44. The van der Waals surface area contributed by atoms with Crippen molar-refractivity contribution in [3.8, 4) is 0 Å².